The minimum atomic E-state index is 0.0588. The standard InChI is InChI=1S/C17H23N3O2S/c1-3-10-20-16(21)14-12-7-4-5-8-13(12)23-15(14)19-17(20)18-9-6-11-22-2/h3H,1,4-11H2,2H3,(H,18,19). The maximum Gasteiger partial charge on any atom is 0.264 e. The quantitative estimate of drug-likeness (QED) is 0.625. The lowest BCUT2D eigenvalue weighted by Crippen LogP contribution is -2.25. The maximum atomic E-state index is 13.0. The molecule has 1 aliphatic rings. The second-order valence-corrected chi connectivity index (χ2v) is 6.89. The average Bonchev–Trinajstić information content (AvgIpc) is 2.93. The lowest BCUT2D eigenvalue weighted by molar-refractivity contribution is 0.197. The molecular formula is C17H23N3O2S. The van der Waals surface area contributed by atoms with Crippen molar-refractivity contribution in [3.05, 3.63) is 33.4 Å². The number of rotatable bonds is 7. The summed E-state index contributed by atoms with van der Waals surface area (Å²) in [5.41, 5.74) is 1.29. The van der Waals surface area contributed by atoms with E-state index in [4.69, 9.17) is 9.72 Å². The van der Waals surface area contributed by atoms with Crippen LogP contribution in [0.4, 0.5) is 5.95 Å². The van der Waals surface area contributed by atoms with Crippen molar-refractivity contribution in [3.8, 4) is 0 Å². The van der Waals surface area contributed by atoms with Gasteiger partial charge >= 0.3 is 0 Å². The Balaban J connectivity index is 2.03. The van der Waals surface area contributed by atoms with E-state index in [1.54, 1.807) is 29.1 Å². The monoisotopic (exact) mass is 333 g/mol. The summed E-state index contributed by atoms with van der Waals surface area (Å²) in [4.78, 5) is 19.9. The van der Waals surface area contributed by atoms with E-state index < -0.39 is 0 Å². The van der Waals surface area contributed by atoms with E-state index in [2.05, 4.69) is 11.9 Å². The SMILES string of the molecule is C=CCn1c(NCCCOC)nc2sc3c(c2c1=O)CCCC3. The Morgan fingerprint density at radius 1 is 1.43 bits per heavy atom. The summed E-state index contributed by atoms with van der Waals surface area (Å²) < 4.78 is 6.76. The zero-order valence-electron chi connectivity index (χ0n) is 13.6. The molecule has 0 aromatic carbocycles. The molecule has 23 heavy (non-hydrogen) atoms. The van der Waals surface area contributed by atoms with Gasteiger partial charge in [-0.25, -0.2) is 4.98 Å². The number of nitrogens with zero attached hydrogens (tertiary/aromatic N) is 2. The molecule has 2 aromatic rings. The van der Waals surface area contributed by atoms with E-state index in [0.29, 0.717) is 19.1 Å². The molecule has 5 nitrogen and oxygen atoms in total. The van der Waals surface area contributed by atoms with Crippen LogP contribution in [-0.2, 0) is 24.1 Å². The molecule has 0 saturated carbocycles. The molecule has 3 rings (SSSR count). The lowest BCUT2D eigenvalue weighted by Gasteiger charge is -2.13. The summed E-state index contributed by atoms with van der Waals surface area (Å²) in [5.74, 6) is 0.636. The molecule has 0 atom stereocenters. The third-order valence-electron chi connectivity index (χ3n) is 4.19. The van der Waals surface area contributed by atoms with Gasteiger partial charge in [0.2, 0.25) is 5.95 Å². The summed E-state index contributed by atoms with van der Waals surface area (Å²) in [7, 11) is 1.69. The van der Waals surface area contributed by atoms with Crippen LogP contribution in [0.5, 0.6) is 0 Å². The third kappa shape index (κ3) is 3.19. The van der Waals surface area contributed by atoms with Crippen molar-refractivity contribution < 1.29 is 4.74 Å². The Kier molecular flexibility index (Phi) is 5.13. The molecule has 0 bridgehead atoms. The van der Waals surface area contributed by atoms with E-state index in [0.717, 1.165) is 42.4 Å². The Labute approximate surface area is 140 Å². The molecule has 0 aliphatic heterocycles. The Morgan fingerprint density at radius 2 is 2.26 bits per heavy atom. The second kappa shape index (κ2) is 7.27. The highest BCUT2D eigenvalue weighted by Gasteiger charge is 2.21. The van der Waals surface area contributed by atoms with Crippen LogP contribution in [0.2, 0.25) is 0 Å². The van der Waals surface area contributed by atoms with Crippen molar-refractivity contribution in [3.63, 3.8) is 0 Å². The number of aryl methyl sites for hydroxylation is 2. The fourth-order valence-electron chi connectivity index (χ4n) is 3.09. The highest BCUT2D eigenvalue weighted by molar-refractivity contribution is 7.18. The van der Waals surface area contributed by atoms with Gasteiger partial charge in [0.05, 0.1) is 5.39 Å². The first kappa shape index (κ1) is 16.2. The number of fused-ring (bicyclic) bond motifs is 3. The van der Waals surface area contributed by atoms with Crippen molar-refractivity contribution in [2.24, 2.45) is 0 Å². The zero-order valence-corrected chi connectivity index (χ0v) is 14.4. The summed E-state index contributed by atoms with van der Waals surface area (Å²) in [6.45, 7) is 5.66. The van der Waals surface area contributed by atoms with E-state index >= 15 is 0 Å². The fourth-order valence-corrected chi connectivity index (χ4v) is 4.34. The van der Waals surface area contributed by atoms with Crippen molar-refractivity contribution in [2.45, 2.75) is 38.6 Å². The molecule has 0 spiro atoms. The van der Waals surface area contributed by atoms with Gasteiger partial charge < -0.3 is 10.1 Å². The highest BCUT2D eigenvalue weighted by atomic mass is 32.1. The Hall–Kier alpha value is -1.66. The van der Waals surface area contributed by atoms with Gasteiger partial charge in [0.1, 0.15) is 4.83 Å². The minimum Gasteiger partial charge on any atom is -0.385 e. The van der Waals surface area contributed by atoms with Crippen molar-refractivity contribution in [1.82, 2.24) is 9.55 Å². The van der Waals surface area contributed by atoms with Gasteiger partial charge in [0.15, 0.2) is 0 Å². The summed E-state index contributed by atoms with van der Waals surface area (Å²) in [6.07, 6.45) is 7.07. The number of hydrogen-bond donors (Lipinski definition) is 1. The minimum absolute atomic E-state index is 0.0588. The smallest absolute Gasteiger partial charge is 0.264 e. The van der Waals surface area contributed by atoms with Gasteiger partial charge in [-0.3, -0.25) is 9.36 Å². The number of anilines is 1. The number of methoxy groups -OCH3 is 1. The van der Waals surface area contributed by atoms with E-state index in [1.807, 2.05) is 0 Å². The van der Waals surface area contributed by atoms with Crippen LogP contribution in [0, 0.1) is 0 Å². The number of thiophene rings is 1. The molecular weight excluding hydrogens is 310 g/mol. The summed E-state index contributed by atoms with van der Waals surface area (Å²) in [6, 6.07) is 0. The molecule has 1 N–H and O–H groups in total. The van der Waals surface area contributed by atoms with Crippen molar-refractivity contribution >= 4 is 27.5 Å². The topological polar surface area (TPSA) is 56.1 Å². The molecule has 1 aliphatic carbocycles. The molecule has 124 valence electrons. The number of nitrogens with one attached hydrogen (secondary N) is 1. The largest absolute Gasteiger partial charge is 0.385 e. The molecule has 0 fully saturated rings. The predicted octanol–water partition coefficient (Wildman–Crippen LogP) is 2.97. The first-order valence-corrected chi connectivity index (χ1v) is 8.96. The molecule has 2 heterocycles. The number of aromatic nitrogens is 2. The Morgan fingerprint density at radius 3 is 3.04 bits per heavy atom. The highest BCUT2D eigenvalue weighted by Crippen LogP contribution is 2.34. The van der Waals surface area contributed by atoms with Crippen LogP contribution in [0.3, 0.4) is 0 Å². The van der Waals surface area contributed by atoms with Gasteiger partial charge in [-0.2, -0.15) is 0 Å². The second-order valence-electron chi connectivity index (χ2n) is 5.80. The van der Waals surface area contributed by atoms with Crippen molar-refractivity contribution in [2.75, 3.05) is 25.6 Å². The normalized spacial score (nSPS) is 14.0. The van der Waals surface area contributed by atoms with Gasteiger partial charge in [-0.1, -0.05) is 6.08 Å². The van der Waals surface area contributed by atoms with Crippen molar-refractivity contribution in [1.29, 1.82) is 0 Å². The molecule has 2 aromatic heterocycles. The Bertz CT molecular complexity index is 763. The number of ether oxygens (including phenoxy) is 1. The molecule has 0 radical (unpaired) electrons. The van der Waals surface area contributed by atoms with Crippen LogP contribution in [-0.4, -0.2) is 29.8 Å². The van der Waals surface area contributed by atoms with Gasteiger partial charge in [-0.15, -0.1) is 17.9 Å². The van der Waals surface area contributed by atoms with Gasteiger partial charge in [-0.05, 0) is 37.7 Å². The van der Waals surface area contributed by atoms with E-state index in [-0.39, 0.29) is 5.56 Å². The van der Waals surface area contributed by atoms with E-state index in [9.17, 15) is 4.79 Å². The zero-order chi connectivity index (χ0) is 16.2. The molecule has 0 unspecified atom stereocenters. The van der Waals surface area contributed by atoms with Crippen LogP contribution in [0.1, 0.15) is 29.7 Å². The van der Waals surface area contributed by atoms with Gasteiger partial charge in [0, 0.05) is 31.7 Å². The fraction of sp³-hybridized carbons (Fsp3) is 0.529. The van der Waals surface area contributed by atoms with Gasteiger partial charge in [0.25, 0.3) is 5.56 Å². The average molecular weight is 333 g/mol. The molecule has 0 saturated heterocycles. The molecule has 0 amide bonds. The summed E-state index contributed by atoms with van der Waals surface area (Å²) in [5, 5.41) is 4.10. The molecule has 6 heteroatoms. The predicted molar refractivity (Wildman–Crippen MR) is 95.7 cm³/mol. The van der Waals surface area contributed by atoms with Crippen LogP contribution < -0.4 is 10.9 Å². The number of allylic oxidation sites excluding steroid dienone is 1. The summed E-state index contributed by atoms with van der Waals surface area (Å²) >= 11 is 1.68. The lowest BCUT2D eigenvalue weighted by atomic mass is 9.97. The van der Waals surface area contributed by atoms with Crippen LogP contribution in [0.25, 0.3) is 10.2 Å². The maximum absolute atomic E-state index is 13.0. The van der Waals surface area contributed by atoms with Crippen LogP contribution >= 0.6 is 11.3 Å². The van der Waals surface area contributed by atoms with Crippen LogP contribution in [0.15, 0.2) is 17.4 Å². The first-order valence-electron chi connectivity index (χ1n) is 8.15. The number of hydrogen-bond acceptors (Lipinski definition) is 5. The first-order chi connectivity index (χ1) is 11.3. The van der Waals surface area contributed by atoms with E-state index in [1.165, 1.54) is 16.9 Å². The third-order valence-corrected chi connectivity index (χ3v) is 5.38.